The van der Waals surface area contributed by atoms with Crippen LogP contribution in [0.2, 0.25) is 0 Å². The largest absolute Gasteiger partial charge is 0.487 e. The molecule has 0 N–H and O–H groups in total. The molecule has 0 heterocycles. The van der Waals surface area contributed by atoms with Crippen molar-refractivity contribution < 1.29 is 9.22 Å². The second-order valence-electron chi connectivity index (χ2n) is 7.18. The number of likely N-dealkylation sites (N-methyl/N-ethyl adjacent to an activating group) is 1. The summed E-state index contributed by atoms with van der Waals surface area (Å²) in [4.78, 5) is 0. The summed E-state index contributed by atoms with van der Waals surface area (Å²) >= 11 is 0. The van der Waals surface area contributed by atoms with Crippen molar-refractivity contribution >= 4 is 5.76 Å². The molecule has 0 amide bonds. The zero-order valence-corrected chi connectivity index (χ0v) is 15.5. The third-order valence-electron chi connectivity index (χ3n) is 5.50. The molecule has 0 aliphatic heterocycles. The molecular weight excluding hydrogens is 282 g/mol. The Morgan fingerprint density at radius 3 is 2.17 bits per heavy atom. The molecular formula is C21H34NO+. The van der Waals surface area contributed by atoms with E-state index in [9.17, 15) is 0 Å². The van der Waals surface area contributed by atoms with Crippen molar-refractivity contribution in [2.24, 2.45) is 0 Å². The van der Waals surface area contributed by atoms with Crippen molar-refractivity contribution in [1.29, 1.82) is 0 Å². The molecule has 2 nitrogen and oxygen atoms in total. The van der Waals surface area contributed by atoms with Crippen LogP contribution in [-0.2, 0) is 4.74 Å². The number of allylic oxidation sites excluding steroid dienone is 1. The monoisotopic (exact) mass is 316 g/mol. The second-order valence-corrected chi connectivity index (χ2v) is 7.18. The Bertz CT molecular complexity index is 503. The summed E-state index contributed by atoms with van der Waals surface area (Å²) < 4.78 is 7.45. The Kier molecular flexibility index (Phi) is 6.71. The minimum absolute atomic E-state index is 0.810. The maximum atomic E-state index is 6.37. The molecule has 0 atom stereocenters. The van der Waals surface area contributed by atoms with Crippen molar-refractivity contribution in [2.75, 3.05) is 33.3 Å². The smallest absolute Gasteiger partial charge is 0.137 e. The normalized spacial score (nSPS) is 15.6. The first kappa shape index (κ1) is 18.1. The third kappa shape index (κ3) is 5.10. The number of quaternary nitrogens is 1. The Balaban J connectivity index is 2.13. The van der Waals surface area contributed by atoms with Gasteiger partial charge in [-0.3, -0.25) is 0 Å². The van der Waals surface area contributed by atoms with Gasteiger partial charge < -0.3 is 9.22 Å². The maximum Gasteiger partial charge on any atom is 0.137 e. The Morgan fingerprint density at radius 2 is 1.61 bits per heavy atom. The summed E-state index contributed by atoms with van der Waals surface area (Å²) in [6.45, 7) is 10.9. The highest BCUT2D eigenvalue weighted by molar-refractivity contribution is 5.63. The van der Waals surface area contributed by atoms with Gasteiger partial charge in [0.05, 0.1) is 20.1 Å². The molecule has 23 heavy (non-hydrogen) atoms. The molecule has 128 valence electrons. The van der Waals surface area contributed by atoms with E-state index in [1.54, 1.807) is 0 Å². The minimum Gasteiger partial charge on any atom is -0.487 e. The summed E-state index contributed by atoms with van der Waals surface area (Å²) in [5, 5.41) is 0. The van der Waals surface area contributed by atoms with E-state index < -0.39 is 0 Å². The van der Waals surface area contributed by atoms with Crippen LogP contribution in [0.25, 0.3) is 5.76 Å². The quantitative estimate of drug-likeness (QED) is 0.498. The molecule has 1 fully saturated rings. The van der Waals surface area contributed by atoms with Crippen LogP contribution in [0.15, 0.2) is 29.8 Å². The lowest BCUT2D eigenvalue weighted by atomic mass is 9.92. The van der Waals surface area contributed by atoms with E-state index in [1.165, 1.54) is 54.6 Å². The third-order valence-corrected chi connectivity index (χ3v) is 5.50. The van der Waals surface area contributed by atoms with Crippen LogP contribution in [-0.4, -0.2) is 37.8 Å². The Hall–Kier alpha value is -1.28. The number of hydrogen-bond donors (Lipinski definition) is 0. The first-order valence-electron chi connectivity index (χ1n) is 9.33. The van der Waals surface area contributed by atoms with Gasteiger partial charge in [0.2, 0.25) is 0 Å². The van der Waals surface area contributed by atoms with Crippen molar-refractivity contribution in [2.45, 2.75) is 52.9 Å². The summed E-state index contributed by atoms with van der Waals surface area (Å²) in [7, 11) is 2.32. The molecule has 1 aromatic carbocycles. The van der Waals surface area contributed by atoms with Crippen molar-refractivity contribution in [1.82, 2.24) is 0 Å². The first-order chi connectivity index (χ1) is 11.1. The Labute approximate surface area is 142 Å². The molecule has 1 aliphatic carbocycles. The minimum atomic E-state index is 0.810. The van der Waals surface area contributed by atoms with Gasteiger partial charge in [0.1, 0.15) is 18.9 Å². The fourth-order valence-electron chi connectivity index (χ4n) is 3.21. The summed E-state index contributed by atoms with van der Waals surface area (Å²) in [6, 6.07) is 8.83. The average molecular weight is 317 g/mol. The van der Waals surface area contributed by atoms with Crippen LogP contribution in [0.1, 0.15) is 57.1 Å². The molecule has 1 saturated carbocycles. The lowest BCUT2D eigenvalue weighted by molar-refractivity contribution is -0.906. The van der Waals surface area contributed by atoms with E-state index in [-0.39, 0.29) is 0 Å². The van der Waals surface area contributed by atoms with Crippen molar-refractivity contribution in [3.63, 3.8) is 0 Å². The summed E-state index contributed by atoms with van der Waals surface area (Å²) in [5.41, 5.74) is 4.10. The van der Waals surface area contributed by atoms with E-state index in [4.69, 9.17) is 4.74 Å². The number of ether oxygens (including phenoxy) is 1. The van der Waals surface area contributed by atoms with E-state index in [1.807, 2.05) is 0 Å². The fraction of sp³-hybridized carbons (Fsp3) is 0.619. The molecule has 0 aromatic heterocycles. The molecule has 0 bridgehead atoms. The summed E-state index contributed by atoms with van der Waals surface area (Å²) in [6.07, 6.45) is 6.40. The van der Waals surface area contributed by atoms with Crippen LogP contribution in [0.5, 0.6) is 0 Å². The number of aryl methyl sites for hydroxylation is 1. The standard InChI is InChI=1S/C21H34NO/c1-5-22(4,6-2)16-17-23-21(19-10-8-7-9-11-19)20-14-12-18(3)13-15-20/h12-15H,5-11,16-17H2,1-4H3/q+1. The Morgan fingerprint density at radius 1 is 1.00 bits per heavy atom. The van der Waals surface area contributed by atoms with Gasteiger partial charge in [-0.15, -0.1) is 0 Å². The predicted octanol–water partition coefficient (Wildman–Crippen LogP) is 5.17. The molecule has 0 saturated heterocycles. The number of nitrogens with zero attached hydrogens (tertiary/aromatic N) is 1. The molecule has 0 radical (unpaired) electrons. The van der Waals surface area contributed by atoms with Gasteiger partial charge in [-0.2, -0.15) is 0 Å². The van der Waals surface area contributed by atoms with Gasteiger partial charge in [-0.1, -0.05) is 36.2 Å². The van der Waals surface area contributed by atoms with Crippen LogP contribution in [0.3, 0.4) is 0 Å². The summed E-state index contributed by atoms with van der Waals surface area (Å²) in [5.74, 6) is 1.17. The maximum absolute atomic E-state index is 6.37. The lowest BCUT2D eigenvalue weighted by Crippen LogP contribution is -2.45. The lowest BCUT2D eigenvalue weighted by Gasteiger charge is -2.32. The highest BCUT2D eigenvalue weighted by atomic mass is 16.5. The zero-order valence-electron chi connectivity index (χ0n) is 15.5. The molecule has 2 rings (SSSR count). The van der Waals surface area contributed by atoms with Gasteiger partial charge >= 0.3 is 0 Å². The van der Waals surface area contributed by atoms with E-state index >= 15 is 0 Å². The predicted molar refractivity (Wildman–Crippen MR) is 99.3 cm³/mol. The average Bonchev–Trinajstić information content (AvgIpc) is 2.60. The van der Waals surface area contributed by atoms with Gasteiger partial charge in [0.25, 0.3) is 0 Å². The SMILES string of the molecule is CC[N+](C)(CC)CCOC(=C1CCCCC1)c1ccc(C)cc1. The number of rotatable bonds is 7. The van der Waals surface area contributed by atoms with Gasteiger partial charge in [0.15, 0.2) is 0 Å². The molecule has 1 aliphatic rings. The van der Waals surface area contributed by atoms with E-state index in [2.05, 4.69) is 52.1 Å². The highest BCUT2D eigenvalue weighted by Gasteiger charge is 2.19. The fourth-order valence-corrected chi connectivity index (χ4v) is 3.21. The number of hydrogen-bond acceptors (Lipinski definition) is 1. The van der Waals surface area contributed by atoms with Crippen LogP contribution in [0, 0.1) is 6.92 Å². The van der Waals surface area contributed by atoms with E-state index in [0.717, 1.165) is 30.7 Å². The van der Waals surface area contributed by atoms with Gasteiger partial charge in [0, 0.05) is 5.56 Å². The van der Waals surface area contributed by atoms with E-state index in [0.29, 0.717) is 0 Å². The van der Waals surface area contributed by atoms with Crippen LogP contribution < -0.4 is 0 Å². The molecule has 0 spiro atoms. The van der Waals surface area contributed by atoms with Gasteiger partial charge in [-0.05, 0) is 52.0 Å². The number of benzene rings is 1. The van der Waals surface area contributed by atoms with Crippen molar-refractivity contribution in [3.05, 3.63) is 41.0 Å². The van der Waals surface area contributed by atoms with Crippen molar-refractivity contribution in [3.8, 4) is 0 Å². The first-order valence-corrected chi connectivity index (χ1v) is 9.33. The second kappa shape index (κ2) is 8.54. The van der Waals surface area contributed by atoms with Crippen LogP contribution in [0.4, 0.5) is 0 Å². The van der Waals surface area contributed by atoms with Gasteiger partial charge in [-0.25, -0.2) is 0 Å². The topological polar surface area (TPSA) is 9.23 Å². The molecule has 1 aromatic rings. The molecule has 2 heteroatoms. The molecule has 0 unspecified atom stereocenters. The zero-order chi connectivity index (χ0) is 16.7. The highest BCUT2D eigenvalue weighted by Crippen LogP contribution is 2.31. The van der Waals surface area contributed by atoms with Crippen LogP contribution >= 0.6 is 0 Å².